The second kappa shape index (κ2) is 5.65. The van der Waals surface area contributed by atoms with Crippen molar-refractivity contribution >= 4 is 17.7 Å². The van der Waals surface area contributed by atoms with Crippen molar-refractivity contribution in [2.45, 2.75) is 17.5 Å². The van der Waals surface area contributed by atoms with Crippen LogP contribution in [0, 0.1) is 0 Å². The summed E-state index contributed by atoms with van der Waals surface area (Å²) in [7, 11) is 0. The van der Waals surface area contributed by atoms with Gasteiger partial charge < -0.3 is 15.9 Å². The van der Waals surface area contributed by atoms with Crippen molar-refractivity contribution in [1.29, 1.82) is 0 Å². The van der Waals surface area contributed by atoms with Gasteiger partial charge in [-0.05, 0) is 17.7 Å². The van der Waals surface area contributed by atoms with Crippen LogP contribution in [0.5, 0.6) is 0 Å². The highest BCUT2D eigenvalue weighted by atomic mass is 32.2. The zero-order chi connectivity index (χ0) is 13.0. The van der Waals surface area contributed by atoms with Gasteiger partial charge in [-0.1, -0.05) is 23.9 Å². The maximum Gasteiger partial charge on any atom is 0.276 e. The molecular formula is C11H12N4O2S. The Balaban J connectivity index is 1.95. The number of benzene rings is 1. The van der Waals surface area contributed by atoms with E-state index in [0.29, 0.717) is 22.4 Å². The smallest absolute Gasteiger partial charge is 0.276 e. The SMILES string of the molecule is NCc1nnc(SCc2ccc(C(N)=O)cc2)o1. The summed E-state index contributed by atoms with van der Waals surface area (Å²) in [5, 5.41) is 8.08. The molecule has 1 aromatic carbocycles. The van der Waals surface area contributed by atoms with E-state index in [1.807, 2.05) is 12.1 Å². The lowest BCUT2D eigenvalue weighted by molar-refractivity contribution is 0.100. The first kappa shape index (κ1) is 12.6. The second-order valence-corrected chi connectivity index (χ2v) is 4.44. The number of aromatic nitrogens is 2. The number of carbonyl (C=O) groups is 1. The highest BCUT2D eigenvalue weighted by molar-refractivity contribution is 7.98. The van der Waals surface area contributed by atoms with Crippen LogP contribution in [0.1, 0.15) is 21.8 Å². The molecule has 2 aromatic rings. The number of nitrogens with two attached hydrogens (primary N) is 2. The Morgan fingerprint density at radius 3 is 2.56 bits per heavy atom. The third kappa shape index (κ3) is 3.08. The van der Waals surface area contributed by atoms with Crippen LogP contribution in [-0.4, -0.2) is 16.1 Å². The number of carbonyl (C=O) groups excluding carboxylic acids is 1. The molecule has 2 rings (SSSR count). The van der Waals surface area contributed by atoms with E-state index in [2.05, 4.69) is 10.2 Å². The topological polar surface area (TPSA) is 108 Å². The van der Waals surface area contributed by atoms with Crippen LogP contribution in [0.3, 0.4) is 0 Å². The molecule has 6 nitrogen and oxygen atoms in total. The molecule has 0 saturated carbocycles. The summed E-state index contributed by atoms with van der Waals surface area (Å²) in [5.41, 5.74) is 12.1. The van der Waals surface area contributed by atoms with Gasteiger partial charge in [0.1, 0.15) is 0 Å². The second-order valence-electron chi connectivity index (χ2n) is 3.52. The molecule has 4 N–H and O–H groups in total. The summed E-state index contributed by atoms with van der Waals surface area (Å²) < 4.78 is 5.26. The number of hydrogen-bond donors (Lipinski definition) is 2. The van der Waals surface area contributed by atoms with Crippen molar-refractivity contribution in [2.24, 2.45) is 11.5 Å². The molecule has 0 aliphatic heterocycles. The molecular weight excluding hydrogens is 252 g/mol. The van der Waals surface area contributed by atoms with Gasteiger partial charge in [-0.15, -0.1) is 10.2 Å². The van der Waals surface area contributed by atoms with Crippen LogP contribution < -0.4 is 11.5 Å². The maximum atomic E-state index is 10.9. The minimum Gasteiger partial charge on any atom is -0.415 e. The van der Waals surface area contributed by atoms with E-state index in [1.54, 1.807) is 12.1 Å². The molecule has 0 spiro atoms. The van der Waals surface area contributed by atoms with Crippen molar-refractivity contribution in [2.75, 3.05) is 0 Å². The molecule has 1 amide bonds. The molecule has 0 unspecified atom stereocenters. The minimum absolute atomic E-state index is 0.237. The number of hydrogen-bond acceptors (Lipinski definition) is 6. The van der Waals surface area contributed by atoms with E-state index < -0.39 is 5.91 Å². The number of rotatable bonds is 5. The normalized spacial score (nSPS) is 10.5. The van der Waals surface area contributed by atoms with Gasteiger partial charge >= 0.3 is 0 Å². The van der Waals surface area contributed by atoms with Crippen LogP contribution in [0.4, 0.5) is 0 Å². The van der Waals surface area contributed by atoms with Crippen LogP contribution in [-0.2, 0) is 12.3 Å². The summed E-state index contributed by atoms with van der Waals surface area (Å²) in [6.45, 7) is 0.237. The molecule has 0 atom stereocenters. The highest BCUT2D eigenvalue weighted by Gasteiger charge is 2.06. The van der Waals surface area contributed by atoms with Crippen LogP contribution in [0.2, 0.25) is 0 Å². The van der Waals surface area contributed by atoms with Crippen LogP contribution in [0.15, 0.2) is 33.9 Å². The molecule has 18 heavy (non-hydrogen) atoms. The maximum absolute atomic E-state index is 10.9. The monoisotopic (exact) mass is 264 g/mol. The van der Waals surface area contributed by atoms with Gasteiger partial charge in [0.05, 0.1) is 6.54 Å². The summed E-state index contributed by atoms with van der Waals surface area (Å²) in [5.74, 6) is 0.658. The Kier molecular flexibility index (Phi) is 3.96. The van der Waals surface area contributed by atoms with Gasteiger partial charge in [-0.25, -0.2) is 0 Å². The Labute approximate surface area is 108 Å². The summed E-state index contributed by atoms with van der Waals surface area (Å²) >= 11 is 1.41. The molecule has 1 aromatic heterocycles. The molecule has 1 heterocycles. The van der Waals surface area contributed by atoms with Crippen molar-refractivity contribution in [3.8, 4) is 0 Å². The predicted molar refractivity (Wildman–Crippen MR) is 66.7 cm³/mol. The number of amides is 1. The van der Waals surface area contributed by atoms with E-state index >= 15 is 0 Å². The number of nitrogens with zero attached hydrogens (tertiary/aromatic N) is 2. The zero-order valence-corrected chi connectivity index (χ0v) is 10.3. The highest BCUT2D eigenvalue weighted by Crippen LogP contribution is 2.21. The fourth-order valence-electron chi connectivity index (χ4n) is 1.29. The molecule has 7 heteroatoms. The lowest BCUT2D eigenvalue weighted by Crippen LogP contribution is -2.10. The van der Waals surface area contributed by atoms with Gasteiger partial charge in [0, 0.05) is 11.3 Å². The Morgan fingerprint density at radius 2 is 2.00 bits per heavy atom. The Morgan fingerprint density at radius 1 is 1.28 bits per heavy atom. The average Bonchev–Trinajstić information content (AvgIpc) is 2.85. The van der Waals surface area contributed by atoms with Crippen molar-refractivity contribution in [3.05, 3.63) is 41.3 Å². The third-order valence-electron chi connectivity index (χ3n) is 2.22. The van der Waals surface area contributed by atoms with E-state index in [1.165, 1.54) is 11.8 Å². The fourth-order valence-corrected chi connectivity index (χ4v) is 2.03. The van der Waals surface area contributed by atoms with Crippen molar-refractivity contribution in [3.63, 3.8) is 0 Å². The van der Waals surface area contributed by atoms with Gasteiger partial charge in [-0.3, -0.25) is 4.79 Å². The lowest BCUT2D eigenvalue weighted by atomic mass is 10.1. The van der Waals surface area contributed by atoms with Gasteiger partial charge in [0.15, 0.2) is 0 Å². The Hall–Kier alpha value is -1.86. The van der Waals surface area contributed by atoms with E-state index in [9.17, 15) is 4.79 Å². The van der Waals surface area contributed by atoms with Gasteiger partial charge in [-0.2, -0.15) is 0 Å². The molecule has 0 radical (unpaired) electrons. The average molecular weight is 264 g/mol. The van der Waals surface area contributed by atoms with Crippen LogP contribution in [0.25, 0.3) is 0 Å². The molecule has 0 bridgehead atoms. The zero-order valence-electron chi connectivity index (χ0n) is 9.50. The van der Waals surface area contributed by atoms with Crippen LogP contribution >= 0.6 is 11.8 Å². The number of primary amides is 1. The van der Waals surface area contributed by atoms with E-state index in [0.717, 1.165) is 5.56 Å². The first-order chi connectivity index (χ1) is 8.69. The first-order valence-corrected chi connectivity index (χ1v) is 6.21. The molecule has 0 saturated heterocycles. The standard InChI is InChI=1S/C11H12N4O2S/c12-5-9-14-15-11(17-9)18-6-7-1-3-8(4-2-7)10(13)16/h1-4H,5-6,12H2,(H2,13,16). The quantitative estimate of drug-likeness (QED) is 0.777. The van der Waals surface area contributed by atoms with E-state index in [4.69, 9.17) is 15.9 Å². The fraction of sp³-hybridized carbons (Fsp3) is 0.182. The number of thioether (sulfide) groups is 1. The summed E-state index contributed by atoms with van der Waals surface area (Å²) in [6, 6.07) is 7.06. The Bertz CT molecular complexity index is 538. The summed E-state index contributed by atoms with van der Waals surface area (Å²) in [4.78, 5) is 10.9. The van der Waals surface area contributed by atoms with Crippen molar-refractivity contribution < 1.29 is 9.21 Å². The lowest BCUT2D eigenvalue weighted by Gasteiger charge is -1.99. The van der Waals surface area contributed by atoms with Crippen molar-refractivity contribution in [1.82, 2.24) is 10.2 Å². The minimum atomic E-state index is -0.432. The molecule has 0 aliphatic rings. The van der Waals surface area contributed by atoms with Gasteiger partial charge in [0.2, 0.25) is 11.8 Å². The predicted octanol–water partition coefficient (Wildman–Crippen LogP) is 0.919. The molecule has 94 valence electrons. The largest absolute Gasteiger partial charge is 0.415 e. The molecule has 0 fully saturated rings. The first-order valence-electron chi connectivity index (χ1n) is 5.23. The molecule has 0 aliphatic carbocycles. The van der Waals surface area contributed by atoms with E-state index in [-0.39, 0.29) is 6.54 Å². The third-order valence-corrected chi connectivity index (χ3v) is 3.11. The summed E-state index contributed by atoms with van der Waals surface area (Å²) in [6.07, 6.45) is 0. The van der Waals surface area contributed by atoms with Gasteiger partial charge in [0.25, 0.3) is 5.22 Å².